The molecule has 2 aromatic rings. The Morgan fingerprint density at radius 2 is 2.21 bits per heavy atom. The third-order valence-corrected chi connectivity index (χ3v) is 4.19. The highest BCUT2D eigenvalue weighted by atomic mass is 79.9. The fourth-order valence-corrected chi connectivity index (χ4v) is 3.03. The van der Waals surface area contributed by atoms with Crippen molar-refractivity contribution in [3.63, 3.8) is 0 Å². The van der Waals surface area contributed by atoms with Gasteiger partial charge in [-0.05, 0) is 46.8 Å². The molecule has 1 aliphatic rings. The molecule has 72 valence electrons. The number of halogens is 1. The Balaban J connectivity index is 2.54. The van der Waals surface area contributed by atoms with E-state index in [1.54, 1.807) is 0 Å². The first kappa shape index (κ1) is 8.54. The van der Waals surface area contributed by atoms with Crippen molar-refractivity contribution >= 4 is 26.8 Å². The Bertz CT molecular complexity index is 511. The van der Waals surface area contributed by atoms with E-state index in [0.717, 1.165) is 6.54 Å². The maximum absolute atomic E-state index is 3.68. The van der Waals surface area contributed by atoms with Crippen molar-refractivity contribution in [2.75, 3.05) is 0 Å². The standard InChI is InChI=1S/C12H12BrN/c1-8-10-6-2-4-9-5-3-7-14(11(9)10)12(8)13/h2,4,6H,3,5,7H2,1H3. The SMILES string of the molecule is Cc1c(Br)n2c3c(cccc13)CCC2. The third kappa shape index (κ3) is 0.949. The molecule has 0 amide bonds. The van der Waals surface area contributed by atoms with Crippen molar-refractivity contribution in [2.24, 2.45) is 0 Å². The Morgan fingerprint density at radius 3 is 3.07 bits per heavy atom. The van der Waals surface area contributed by atoms with Crippen LogP contribution >= 0.6 is 15.9 Å². The molecule has 14 heavy (non-hydrogen) atoms. The van der Waals surface area contributed by atoms with Crippen LogP contribution in [0.2, 0.25) is 0 Å². The molecule has 0 radical (unpaired) electrons. The molecule has 1 aromatic carbocycles. The van der Waals surface area contributed by atoms with Crippen LogP contribution in [0.1, 0.15) is 17.5 Å². The molecule has 1 nitrogen and oxygen atoms in total. The molecule has 0 atom stereocenters. The van der Waals surface area contributed by atoms with E-state index >= 15 is 0 Å². The van der Waals surface area contributed by atoms with Crippen LogP contribution in [0.3, 0.4) is 0 Å². The number of para-hydroxylation sites is 1. The van der Waals surface area contributed by atoms with Gasteiger partial charge in [0.1, 0.15) is 0 Å². The lowest BCUT2D eigenvalue weighted by molar-refractivity contribution is 0.626. The second kappa shape index (κ2) is 2.86. The van der Waals surface area contributed by atoms with Crippen molar-refractivity contribution in [2.45, 2.75) is 26.3 Å². The van der Waals surface area contributed by atoms with E-state index in [1.165, 1.54) is 39.5 Å². The fourth-order valence-electron chi connectivity index (χ4n) is 2.46. The van der Waals surface area contributed by atoms with E-state index in [1.807, 2.05) is 0 Å². The van der Waals surface area contributed by atoms with Crippen LogP contribution < -0.4 is 0 Å². The van der Waals surface area contributed by atoms with Gasteiger partial charge in [-0.25, -0.2) is 0 Å². The van der Waals surface area contributed by atoms with Crippen LogP contribution in [0.5, 0.6) is 0 Å². The first-order valence-corrected chi connectivity index (χ1v) is 5.84. The van der Waals surface area contributed by atoms with Crippen molar-refractivity contribution in [1.82, 2.24) is 4.57 Å². The summed E-state index contributed by atoms with van der Waals surface area (Å²) in [6.45, 7) is 3.35. The zero-order valence-corrected chi connectivity index (χ0v) is 9.76. The van der Waals surface area contributed by atoms with Crippen LogP contribution in [-0.4, -0.2) is 4.57 Å². The molecule has 2 heterocycles. The van der Waals surface area contributed by atoms with Gasteiger partial charge in [0.25, 0.3) is 0 Å². The number of rotatable bonds is 0. The minimum atomic E-state index is 1.15. The minimum absolute atomic E-state index is 1.15. The first-order chi connectivity index (χ1) is 6.79. The van der Waals surface area contributed by atoms with Gasteiger partial charge in [0.15, 0.2) is 0 Å². The largest absolute Gasteiger partial charge is 0.335 e. The Labute approximate surface area is 91.9 Å². The van der Waals surface area contributed by atoms with Gasteiger partial charge in [-0.1, -0.05) is 18.2 Å². The van der Waals surface area contributed by atoms with Crippen LogP contribution in [0.25, 0.3) is 10.9 Å². The highest BCUT2D eigenvalue weighted by Gasteiger charge is 2.17. The minimum Gasteiger partial charge on any atom is -0.335 e. The van der Waals surface area contributed by atoms with E-state index in [9.17, 15) is 0 Å². The topological polar surface area (TPSA) is 4.93 Å². The van der Waals surface area contributed by atoms with Crippen LogP contribution in [0.4, 0.5) is 0 Å². The molecule has 0 bridgehead atoms. The van der Waals surface area contributed by atoms with Gasteiger partial charge in [0.05, 0.1) is 10.1 Å². The fraction of sp³-hybridized carbons (Fsp3) is 0.333. The Kier molecular flexibility index (Phi) is 1.75. The molecule has 0 saturated carbocycles. The molecule has 0 N–H and O–H groups in total. The number of aromatic nitrogens is 1. The summed E-state index contributed by atoms with van der Waals surface area (Å²) in [6.07, 6.45) is 2.49. The normalized spacial score (nSPS) is 15.0. The molecule has 0 spiro atoms. The average Bonchev–Trinajstić information content (AvgIpc) is 2.47. The van der Waals surface area contributed by atoms with Crippen molar-refractivity contribution in [3.8, 4) is 0 Å². The monoisotopic (exact) mass is 249 g/mol. The number of hydrogen-bond donors (Lipinski definition) is 0. The number of hydrogen-bond acceptors (Lipinski definition) is 0. The summed E-state index contributed by atoms with van der Waals surface area (Å²) in [4.78, 5) is 0. The van der Waals surface area contributed by atoms with Crippen LogP contribution in [0.15, 0.2) is 22.8 Å². The second-order valence-corrected chi connectivity index (χ2v) is 4.74. The van der Waals surface area contributed by atoms with Gasteiger partial charge in [0.2, 0.25) is 0 Å². The second-order valence-electron chi connectivity index (χ2n) is 3.98. The van der Waals surface area contributed by atoms with Crippen LogP contribution in [0, 0.1) is 6.92 Å². The molecular formula is C12H12BrN. The Hall–Kier alpha value is -0.760. The average molecular weight is 250 g/mol. The summed E-state index contributed by atoms with van der Waals surface area (Å²) < 4.78 is 3.67. The predicted octanol–water partition coefficient (Wildman–Crippen LogP) is 3.66. The lowest BCUT2D eigenvalue weighted by Crippen LogP contribution is -2.07. The molecule has 1 aliphatic heterocycles. The number of benzene rings is 1. The van der Waals surface area contributed by atoms with E-state index in [4.69, 9.17) is 0 Å². The highest BCUT2D eigenvalue weighted by molar-refractivity contribution is 9.10. The zero-order valence-electron chi connectivity index (χ0n) is 8.18. The molecule has 0 unspecified atom stereocenters. The quantitative estimate of drug-likeness (QED) is 0.672. The van der Waals surface area contributed by atoms with Gasteiger partial charge >= 0.3 is 0 Å². The molecule has 0 saturated heterocycles. The van der Waals surface area contributed by atoms with Gasteiger partial charge < -0.3 is 4.57 Å². The summed E-state index contributed by atoms with van der Waals surface area (Å²) >= 11 is 3.68. The van der Waals surface area contributed by atoms with Crippen molar-refractivity contribution < 1.29 is 0 Å². The molecule has 0 aliphatic carbocycles. The maximum atomic E-state index is 3.68. The smallest absolute Gasteiger partial charge is 0.0887 e. The van der Waals surface area contributed by atoms with Gasteiger partial charge in [-0.2, -0.15) is 0 Å². The van der Waals surface area contributed by atoms with Gasteiger partial charge in [-0.15, -0.1) is 0 Å². The lowest BCUT2D eigenvalue weighted by atomic mass is 10.0. The maximum Gasteiger partial charge on any atom is 0.0887 e. The van der Waals surface area contributed by atoms with Crippen LogP contribution in [-0.2, 0) is 13.0 Å². The summed E-state index contributed by atoms with van der Waals surface area (Å²) in [7, 11) is 0. The Morgan fingerprint density at radius 1 is 1.36 bits per heavy atom. The van der Waals surface area contributed by atoms with E-state index in [0.29, 0.717) is 0 Å². The number of nitrogens with zero attached hydrogens (tertiary/aromatic N) is 1. The molecule has 3 rings (SSSR count). The summed E-state index contributed by atoms with van der Waals surface area (Å²) in [5.74, 6) is 0. The highest BCUT2D eigenvalue weighted by Crippen LogP contribution is 2.34. The number of aryl methyl sites for hydroxylation is 3. The van der Waals surface area contributed by atoms with Gasteiger partial charge in [-0.3, -0.25) is 0 Å². The molecular weight excluding hydrogens is 238 g/mol. The first-order valence-electron chi connectivity index (χ1n) is 5.05. The van der Waals surface area contributed by atoms with Crippen molar-refractivity contribution in [1.29, 1.82) is 0 Å². The van der Waals surface area contributed by atoms with E-state index in [-0.39, 0.29) is 0 Å². The molecule has 1 aromatic heterocycles. The van der Waals surface area contributed by atoms with Gasteiger partial charge in [0, 0.05) is 11.9 Å². The summed E-state index contributed by atoms with van der Waals surface area (Å²) in [5, 5.41) is 1.41. The lowest BCUT2D eigenvalue weighted by Gasteiger charge is -2.15. The van der Waals surface area contributed by atoms with Crippen molar-refractivity contribution in [3.05, 3.63) is 33.9 Å². The van der Waals surface area contributed by atoms with E-state index < -0.39 is 0 Å². The molecule has 0 fully saturated rings. The summed E-state index contributed by atoms with van der Waals surface area (Å²) in [5.41, 5.74) is 4.33. The zero-order chi connectivity index (χ0) is 9.71. The summed E-state index contributed by atoms with van der Waals surface area (Å²) in [6, 6.07) is 6.65. The predicted molar refractivity (Wildman–Crippen MR) is 62.7 cm³/mol. The van der Waals surface area contributed by atoms with E-state index in [2.05, 4.69) is 45.6 Å². The third-order valence-electron chi connectivity index (χ3n) is 3.17. The molecule has 2 heteroatoms.